The molecule has 12 heteroatoms. The predicted molar refractivity (Wildman–Crippen MR) is 113 cm³/mol. The molecule has 0 atom stereocenters. The first-order chi connectivity index (χ1) is 16.0. The van der Waals surface area contributed by atoms with Crippen molar-refractivity contribution >= 4 is 28.7 Å². The maximum Gasteiger partial charge on any atom is 0.309 e. The van der Waals surface area contributed by atoms with Gasteiger partial charge in [0.2, 0.25) is 5.89 Å². The number of carbonyl (C=O) groups is 1. The topological polar surface area (TPSA) is 116 Å². The van der Waals surface area contributed by atoms with Crippen molar-refractivity contribution in [2.24, 2.45) is 0 Å². The van der Waals surface area contributed by atoms with Gasteiger partial charge < -0.3 is 14.1 Å². The van der Waals surface area contributed by atoms with Crippen LogP contribution in [-0.4, -0.2) is 40.1 Å². The van der Waals surface area contributed by atoms with Gasteiger partial charge in [0.05, 0.1) is 47.6 Å². The van der Waals surface area contributed by atoms with Crippen molar-refractivity contribution in [1.82, 2.24) is 39.5 Å². The SMILES string of the molecule is O=C(NCc1ncn2ccc(Cl)c(F)c12)c1nnc(Cc2cn3nc(C4CC4)ccc3n2)o1. The summed E-state index contributed by atoms with van der Waals surface area (Å²) in [6.07, 6.45) is 7.45. The predicted octanol–water partition coefficient (Wildman–Crippen LogP) is 2.95. The van der Waals surface area contributed by atoms with Gasteiger partial charge in [-0.15, -0.1) is 10.2 Å². The second-order valence-corrected chi connectivity index (χ2v) is 8.26. The Morgan fingerprint density at radius 3 is 3.00 bits per heavy atom. The van der Waals surface area contributed by atoms with Crippen molar-refractivity contribution in [2.45, 2.75) is 31.7 Å². The van der Waals surface area contributed by atoms with Gasteiger partial charge in [0.1, 0.15) is 5.52 Å². The van der Waals surface area contributed by atoms with Gasteiger partial charge in [-0.2, -0.15) is 5.10 Å². The first-order valence-electron chi connectivity index (χ1n) is 10.3. The van der Waals surface area contributed by atoms with Crippen LogP contribution in [0.3, 0.4) is 0 Å². The molecule has 0 spiro atoms. The van der Waals surface area contributed by atoms with E-state index < -0.39 is 11.7 Å². The zero-order valence-corrected chi connectivity index (χ0v) is 17.8. The van der Waals surface area contributed by atoms with Crippen molar-refractivity contribution in [1.29, 1.82) is 0 Å². The molecule has 5 heterocycles. The molecule has 166 valence electrons. The fourth-order valence-electron chi connectivity index (χ4n) is 3.65. The molecular weight excluding hydrogens is 451 g/mol. The van der Waals surface area contributed by atoms with Crippen LogP contribution in [0.25, 0.3) is 11.2 Å². The number of nitrogens with one attached hydrogen (secondary N) is 1. The zero-order valence-electron chi connectivity index (χ0n) is 17.1. The van der Waals surface area contributed by atoms with E-state index in [2.05, 4.69) is 30.6 Å². The van der Waals surface area contributed by atoms with Crippen LogP contribution in [0.2, 0.25) is 5.02 Å². The third-order valence-electron chi connectivity index (χ3n) is 5.46. The van der Waals surface area contributed by atoms with Crippen molar-refractivity contribution < 1.29 is 13.6 Å². The summed E-state index contributed by atoms with van der Waals surface area (Å²) < 4.78 is 23.1. The summed E-state index contributed by atoms with van der Waals surface area (Å²) in [5, 5.41) is 14.9. The number of amides is 1. The molecule has 1 N–H and O–H groups in total. The molecule has 1 aliphatic rings. The second-order valence-electron chi connectivity index (χ2n) is 7.85. The number of rotatable bonds is 6. The highest BCUT2D eigenvalue weighted by atomic mass is 35.5. The van der Waals surface area contributed by atoms with E-state index >= 15 is 0 Å². The number of pyridine rings is 1. The number of halogens is 2. The minimum atomic E-state index is -0.604. The largest absolute Gasteiger partial charge is 0.416 e. The zero-order chi connectivity index (χ0) is 22.5. The molecule has 0 saturated heterocycles. The number of hydrogen-bond donors (Lipinski definition) is 1. The van der Waals surface area contributed by atoms with Crippen LogP contribution in [0.4, 0.5) is 4.39 Å². The molecule has 1 saturated carbocycles. The molecule has 0 aliphatic heterocycles. The van der Waals surface area contributed by atoms with E-state index in [0.29, 0.717) is 17.3 Å². The van der Waals surface area contributed by atoms with Gasteiger partial charge in [0, 0.05) is 12.1 Å². The fraction of sp³-hybridized carbons (Fsp3) is 0.238. The Hall–Kier alpha value is -3.86. The Labute approximate surface area is 190 Å². The maximum absolute atomic E-state index is 14.3. The van der Waals surface area contributed by atoms with Gasteiger partial charge in [-0.1, -0.05) is 11.6 Å². The molecule has 1 amide bonds. The highest BCUT2D eigenvalue weighted by Crippen LogP contribution is 2.38. The van der Waals surface area contributed by atoms with Crippen molar-refractivity contribution in [3.05, 3.63) is 76.6 Å². The van der Waals surface area contributed by atoms with Crippen LogP contribution in [0.1, 0.15) is 52.4 Å². The van der Waals surface area contributed by atoms with Crippen LogP contribution < -0.4 is 5.32 Å². The first kappa shape index (κ1) is 19.8. The molecule has 1 fully saturated rings. The lowest BCUT2D eigenvalue weighted by atomic mass is 10.3. The van der Waals surface area contributed by atoms with Crippen LogP contribution in [0, 0.1) is 5.82 Å². The minimum Gasteiger partial charge on any atom is -0.416 e. The smallest absolute Gasteiger partial charge is 0.309 e. The summed E-state index contributed by atoms with van der Waals surface area (Å²) in [7, 11) is 0. The lowest BCUT2D eigenvalue weighted by Gasteiger charge is -2.02. The Kier molecular flexibility index (Phi) is 4.57. The second kappa shape index (κ2) is 7.62. The monoisotopic (exact) mass is 466 g/mol. The Morgan fingerprint density at radius 1 is 1.27 bits per heavy atom. The number of carbonyl (C=O) groups excluding carboxylic acids is 1. The summed E-state index contributed by atoms with van der Waals surface area (Å²) in [5.74, 6) is -0.609. The molecular formula is C21H16ClFN8O2. The summed E-state index contributed by atoms with van der Waals surface area (Å²) in [4.78, 5) is 21.1. The molecule has 6 rings (SSSR count). The molecule has 0 radical (unpaired) electrons. The van der Waals surface area contributed by atoms with Gasteiger partial charge in [0.25, 0.3) is 0 Å². The number of nitrogens with zero attached hydrogens (tertiary/aromatic N) is 7. The van der Waals surface area contributed by atoms with Crippen LogP contribution in [-0.2, 0) is 13.0 Å². The highest BCUT2D eigenvalue weighted by Gasteiger charge is 2.25. The van der Waals surface area contributed by atoms with E-state index in [-0.39, 0.29) is 35.3 Å². The van der Waals surface area contributed by atoms with E-state index in [1.54, 1.807) is 10.7 Å². The Morgan fingerprint density at radius 2 is 2.15 bits per heavy atom. The van der Waals surface area contributed by atoms with Gasteiger partial charge in [-0.25, -0.2) is 18.9 Å². The number of fused-ring (bicyclic) bond motifs is 2. The third-order valence-corrected chi connectivity index (χ3v) is 5.76. The molecule has 5 aromatic heterocycles. The fourth-order valence-corrected chi connectivity index (χ4v) is 3.80. The molecule has 0 bridgehead atoms. The summed E-state index contributed by atoms with van der Waals surface area (Å²) >= 11 is 5.85. The summed E-state index contributed by atoms with van der Waals surface area (Å²) in [6, 6.07) is 5.37. The molecule has 10 nitrogen and oxygen atoms in total. The van der Waals surface area contributed by atoms with E-state index in [4.69, 9.17) is 16.0 Å². The summed E-state index contributed by atoms with van der Waals surface area (Å²) in [6.45, 7) is -0.0360. The average molecular weight is 467 g/mol. The molecule has 0 unspecified atom stereocenters. The number of imidazole rings is 2. The van der Waals surface area contributed by atoms with Gasteiger partial charge in [0.15, 0.2) is 11.5 Å². The van der Waals surface area contributed by atoms with Gasteiger partial charge >= 0.3 is 11.8 Å². The Balaban J connectivity index is 1.14. The number of aromatic nitrogens is 7. The summed E-state index contributed by atoms with van der Waals surface area (Å²) in [5.41, 5.74) is 3.01. The lowest BCUT2D eigenvalue weighted by molar-refractivity contribution is 0.0914. The van der Waals surface area contributed by atoms with Crippen molar-refractivity contribution in [2.75, 3.05) is 0 Å². The third kappa shape index (κ3) is 3.69. The standard InChI is InChI=1S/C21H16ClFN8O2/c22-13-5-6-30-10-25-15(19(30)18(13)23)8-24-20(32)21-28-27-17(33-21)7-12-9-31-16(26-12)4-3-14(29-31)11-1-2-11/h3-6,9-11H,1-2,7-8H2,(H,24,32). The first-order valence-corrected chi connectivity index (χ1v) is 10.7. The van der Waals surface area contributed by atoms with Crippen molar-refractivity contribution in [3.8, 4) is 0 Å². The van der Waals surface area contributed by atoms with Crippen LogP contribution >= 0.6 is 11.6 Å². The van der Waals surface area contributed by atoms with Crippen molar-refractivity contribution in [3.63, 3.8) is 0 Å². The molecule has 1 aliphatic carbocycles. The van der Waals surface area contributed by atoms with Gasteiger partial charge in [-0.05, 0) is 31.0 Å². The quantitative estimate of drug-likeness (QED) is 0.409. The molecule has 5 aromatic rings. The van der Waals surface area contributed by atoms with E-state index in [1.807, 2.05) is 18.3 Å². The minimum absolute atomic E-state index is 0.0250. The molecule has 33 heavy (non-hydrogen) atoms. The number of hydrogen-bond acceptors (Lipinski definition) is 7. The lowest BCUT2D eigenvalue weighted by Crippen LogP contribution is -2.23. The van der Waals surface area contributed by atoms with Crippen LogP contribution in [0.5, 0.6) is 0 Å². The Bertz CT molecular complexity index is 1520. The maximum atomic E-state index is 14.3. The molecule has 0 aromatic carbocycles. The normalized spacial score (nSPS) is 13.8. The highest BCUT2D eigenvalue weighted by molar-refractivity contribution is 6.31. The average Bonchev–Trinajstić information content (AvgIpc) is 3.23. The van der Waals surface area contributed by atoms with E-state index in [1.165, 1.54) is 29.6 Å². The van der Waals surface area contributed by atoms with Gasteiger partial charge in [-0.3, -0.25) is 4.79 Å². The van der Waals surface area contributed by atoms with E-state index in [9.17, 15) is 9.18 Å². The van der Waals surface area contributed by atoms with E-state index in [0.717, 1.165) is 11.3 Å². The van der Waals surface area contributed by atoms with Crippen LogP contribution in [0.15, 0.2) is 41.3 Å².